The lowest BCUT2D eigenvalue weighted by Crippen LogP contribution is -2.14. The highest BCUT2D eigenvalue weighted by molar-refractivity contribution is 5.93. The van der Waals surface area contributed by atoms with Crippen LogP contribution in [0.4, 0.5) is 0 Å². The second-order valence-corrected chi connectivity index (χ2v) is 5.42. The second-order valence-electron chi connectivity index (χ2n) is 5.42. The van der Waals surface area contributed by atoms with E-state index in [4.69, 9.17) is 9.47 Å². The number of carbonyl (C=O) groups excluding carboxylic acids is 2. The largest absolute Gasteiger partial charge is 0.466 e. The van der Waals surface area contributed by atoms with Crippen LogP contribution >= 0.6 is 0 Å². The molecule has 1 saturated carbocycles. The molecular formula is C17H18O4. The minimum absolute atomic E-state index is 0.00678. The van der Waals surface area contributed by atoms with Crippen molar-refractivity contribution in [2.45, 2.75) is 20.0 Å². The topological polar surface area (TPSA) is 52.6 Å². The van der Waals surface area contributed by atoms with E-state index >= 15 is 0 Å². The summed E-state index contributed by atoms with van der Waals surface area (Å²) in [7, 11) is 0. The third-order valence-corrected chi connectivity index (χ3v) is 4.14. The number of benzene rings is 1. The van der Waals surface area contributed by atoms with Gasteiger partial charge in [-0.25, -0.2) is 4.79 Å². The first-order valence-electron chi connectivity index (χ1n) is 7.30. The van der Waals surface area contributed by atoms with Crippen LogP contribution < -0.4 is 0 Å². The fourth-order valence-corrected chi connectivity index (χ4v) is 3.08. The molecule has 0 spiro atoms. The van der Waals surface area contributed by atoms with Crippen molar-refractivity contribution in [2.75, 3.05) is 6.61 Å². The van der Waals surface area contributed by atoms with Crippen LogP contribution in [0.1, 0.15) is 18.9 Å². The van der Waals surface area contributed by atoms with Gasteiger partial charge in [0, 0.05) is 11.5 Å². The molecule has 0 bridgehead atoms. The van der Waals surface area contributed by atoms with Gasteiger partial charge >= 0.3 is 11.9 Å². The summed E-state index contributed by atoms with van der Waals surface area (Å²) in [5.41, 5.74) is 1.60. The maximum Gasteiger partial charge on any atom is 0.334 e. The fraction of sp³-hybridized carbons (Fsp3) is 0.412. The predicted octanol–water partition coefficient (Wildman–Crippen LogP) is 2.49. The van der Waals surface area contributed by atoms with Crippen molar-refractivity contribution in [3.05, 3.63) is 47.5 Å². The van der Waals surface area contributed by atoms with E-state index in [9.17, 15) is 9.59 Å². The van der Waals surface area contributed by atoms with E-state index in [1.807, 2.05) is 36.4 Å². The molecule has 2 aliphatic carbocycles. The molecule has 4 heteroatoms. The Hall–Kier alpha value is -2.10. The Labute approximate surface area is 123 Å². The van der Waals surface area contributed by atoms with E-state index in [1.54, 1.807) is 6.92 Å². The van der Waals surface area contributed by atoms with Crippen LogP contribution in [0.3, 0.4) is 0 Å². The van der Waals surface area contributed by atoms with Crippen molar-refractivity contribution >= 4 is 11.9 Å². The van der Waals surface area contributed by atoms with E-state index in [0.29, 0.717) is 12.2 Å². The molecule has 4 nitrogen and oxygen atoms in total. The summed E-state index contributed by atoms with van der Waals surface area (Å²) in [4.78, 5) is 23.9. The van der Waals surface area contributed by atoms with Gasteiger partial charge in [0.2, 0.25) is 0 Å². The van der Waals surface area contributed by atoms with E-state index < -0.39 is 0 Å². The summed E-state index contributed by atoms with van der Waals surface area (Å²) in [5.74, 6) is -0.392. The molecule has 2 aliphatic rings. The van der Waals surface area contributed by atoms with Gasteiger partial charge in [0.15, 0.2) is 0 Å². The molecule has 3 rings (SSSR count). The Balaban J connectivity index is 1.56. The first kappa shape index (κ1) is 13.9. The molecule has 21 heavy (non-hydrogen) atoms. The lowest BCUT2D eigenvalue weighted by molar-refractivity contribution is -0.145. The Bertz CT molecular complexity index is 576. The molecule has 0 heterocycles. The van der Waals surface area contributed by atoms with Crippen LogP contribution in [0, 0.1) is 17.8 Å². The molecule has 3 unspecified atom stereocenters. The minimum atomic E-state index is -0.307. The molecule has 0 aliphatic heterocycles. The number of hydrogen-bond acceptors (Lipinski definition) is 4. The molecule has 0 amide bonds. The Morgan fingerprint density at radius 2 is 1.95 bits per heavy atom. The molecular weight excluding hydrogens is 268 g/mol. The number of ether oxygens (including phenoxy) is 2. The highest BCUT2D eigenvalue weighted by Crippen LogP contribution is 2.58. The molecule has 0 N–H and O–H groups in total. The van der Waals surface area contributed by atoms with Crippen molar-refractivity contribution in [2.24, 2.45) is 17.8 Å². The Morgan fingerprint density at radius 1 is 1.19 bits per heavy atom. The monoisotopic (exact) mass is 286 g/mol. The van der Waals surface area contributed by atoms with Crippen molar-refractivity contribution in [1.82, 2.24) is 0 Å². The summed E-state index contributed by atoms with van der Waals surface area (Å²) in [6.45, 7) is 2.44. The van der Waals surface area contributed by atoms with Gasteiger partial charge in [-0.05, 0) is 24.8 Å². The van der Waals surface area contributed by atoms with Crippen LogP contribution in [-0.2, 0) is 25.7 Å². The summed E-state index contributed by atoms with van der Waals surface area (Å²) in [6.07, 6.45) is 2.67. The van der Waals surface area contributed by atoms with Crippen LogP contribution in [-0.4, -0.2) is 18.5 Å². The van der Waals surface area contributed by atoms with Crippen LogP contribution in [0.25, 0.3) is 0 Å². The first-order chi connectivity index (χ1) is 10.2. The van der Waals surface area contributed by atoms with Gasteiger partial charge in [0.05, 0.1) is 12.5 Å². The highest BCUT2D eigenvalue weighted by Gasteiger charge is 2.61. The number of carbonyl (C=O) groups is 2. The summed E-state index contributed by atoms with van der Waals surface area (Å²) in [6, 6.07) is 9.57. The van der Waals surface area contributed by atoms with Crippen molar-refractivity contribution in [3.63, 3.8) is 0 Å². The highest BCUT2D eigenvalue weighted by atomic mass is 16.5. The SMILES string of the molecule is CCOC(=O)C1C2CC=C(C(=O)OCc3ccccc3)C21. The number of hydrogen-bond donors (Lipinski definition) is 0. The number of esters is 2. The van der Waals surface area contributed by atoms with Gasteiger partial charge in [-0.3, -0.25) is 4.79 Å². The van der Waals surface area contributed by atoms with Gasteiger partial charge < -0.3 is 9.47 Å². The molecule has 110 valence electrons. The third-order valence-electron chi connectivity index (χ3n) is 4.14. The number of rotatable bonds is 5. The average molecular weight is 286 g/mol. The smallest absolute Gasteiger partial charge is 0.334 e. The normalized spacial score (nSPS) is 25.8. The van der Waals surface area contributed by atoms with E-state index in [0.717, 1.165) is 12.0 Å². The van der Waals surface area contributed by atoms with Gasteiger partial charge in [-0.1, -0.05) is 36.4 Å². The zero-order valence-electron chi connectivity index (χ0n) is 12.0. The molecule has 3 atom stereocenters. The third kappa shape index (κ3) is 2.71. The standard InChI is InChI=1S/C17H18O4/c1-2-20-17(19)15-12-8-9-13(14(12)15)16(18)21-10-11-6-4-3-5-7-11/h3-7,9,12,14-15H,2,8,10H2,1H3. The molecule has 0 saturated heterocycles. The van der Waals surface area contributed by atoms with Crippen LogP contribution in [0.2, 0.25) is 0 Å². The Morgan fingerprint density at radius 3 is 2.67 bits per heavy atom. The maximum atomic E-state index is 12.1. The molecule has 0 radical (unpaired) electrons. The summed E-state index contributed by atoms with van der Waals surface area (Å²) in [5, 5.41) is 0. The van der Waals surface area contributed by atoms with Crippen molar-refractivity contribution < 1.29 is 19.1 Å². The van der Waals surface area contributed by atoms with Crippen LogP contribution in [0.5, 0.6) is 0 Å². The lowest BCUT2D eigenvalue weighted by Gasteiger charge is -2.08. The van der Waals surface area contributed by atoms with Crippen LogP contribution in [0.15, 0.2) is 42.0 Å². The molecule has 1 aromatic carbocycles. The summed E-state index contributed by atoms with van der Waals surface area (Å²) >= 11 is 0. The van der Waals surface area contributed by atoms with Gasteiger partial charge in [-0.15, -0.1) is 0 Å². The fourth-order valence-electron chi connectivity index (χ4n) is 3.08. The molecule has 0 aromatic heterocycles. The van der Waals surface area contributed by atoms with Crippen molar-refractivity contribution in [3.8, 4) is 0 Å². The molecule has 1 aromatic rings. The first-order valence-corrected chi connectivity index (χ1v) is 7.30. The van der Waals surface area contributed by atoms with Gasteiger partial charge in [-0.2, -0.15) is 0 Å². The minimum Gasteiger partial charge on any atom is -0.466 e. The zero-order valence-corrected chi connectivity index (χ0v) is 12.0. The summed E-state index contributed by atoms with van der Waals surface area (Å²) < 4.78 is 10.4. The predicted molar refractivity (Wildman–Crippen MR) is 76.0 cm³/mol. The zero-order chi connectivity index (χ0) is 14.8. The number of fused-ring (bicyclic) bond motifs is 1. The molecule has 1 fully saturated rings. The van der Waals surface area contributed by atoms with Gasteiger partial charge in [0.1, 0.15) is 6.61 Å². The van der Waals surface area contributed by atoms with Crippen molar-refractivity contribution in [1.29, 1.82) is 0 Å². The average Bonchev–Trinajstić information content (AvgIpc) is 3.06. The second kappa shape index (κ2) is 5.72. The van der Waals surface area contributed by atoms with E-state index in [-0.39, 0.29) is 36.3 Å². The van der Waals surface area contributed by atoms with Gasteiger partial charge in [0.25, 0.3) is 0 Å². The number of allylic oxidation sites excluding steroid dienone is 1. The Kier molecular flexibility index (Phi) is 3.78. The quantitative estimate of drug-likeness (QED) is 0.780. The maximum absolute atomic E-state index is 12.1. The van der Waals surface area contributed by atoms with E-state index in [2.05, 4.69) is 0 Å². The lowest BCUT2D eigenvalue weighted by atomic mass is 10.1. The van der Waals surface area contributed by atoms with E-state index in [1.165, 1.54) is 0 Å².